The van der Waals surface area contributed by atoms with E-state index in [1.807, 2.05) is 0 Å². The summed E-state index contributed by atoms with van der Waals surface area (Å²) in [6.07, 6.45) is 1.96. The lowest BCUT2D eigenvalue weighted by molar-refractivity contribution is 0.329. The predicted molar refractivity (Wildman–Crippen MR) is 105 cm³/mol. The molecule has 0 heterocycles. The largest absolute Gasteiger partial charge is 0.493 e. The van der Waals surface area contributed by atoms with E-state index in [0.29, 0.717) is 23.8 Å². The number of ether oxygens (including phenoxy) is 1. The first-order valence-corrected chi connectivity index (χ1v) is 9.60. The van der Waals surface area contributed by atoms with Crippen molar-refractivity contribution in [1.29, 1.82) is 0 Å². The van der Waals surface area contributed by atoms with Crippen molar-refractivity contribution in [2.75, 3.05) is 6.61 Å². The Morgan fingerprint density at radius 3 is 2.63 bits per heavy atom. The molecule has 0 saturated carbocycles. The van der Waals surface area contributed by atoms with Gasteiger partial charge in [-0.2, -0.15) is 13.5 Å². The Kier molecular flexibility index (Phi) is 7.03. The molecule has 0 spiro atoms. The average Bonchev–Trinajstić information content (AvgIpc) is 2.57. The van der Waals surface area contributed by atoms with Gasteiger partial charge in [-0.1, -0.05) is 17.7 Å². The fraction of sp³-hybridized carbons (Fsp3) is 0.176. The second-order valence-electron chi connectivity index (χ2n) is 5.44. The van der Waals surface area contributed by atoms with Crippen LogP contribution < -0.4 is 20.4 Å². The lowest BCUT2D eigenvalue weighted by Gasteiger charge is -2.11. The minimum atomic E-state index is -4.01. The summed E-state index contributed by atoms with van der Waals surface area (Å²) >= 11 is 5.84. The third kappa shape index (κ3) is 6.80. The Labute approximate surface area is 162 Å². The zero-order valence-corrected chi connectivity index (χ0v) is 16.1. The van der Waals surface area contributed by atoms with E-state index in [1.165, 1.54) is 30.5 Å². The summed E-state index contributed by atoms with van der Waals surface area (Å²) in [5.41, 5.74) is 11.1. The van der Waals surface area contributed by atoms with E-state index >= 15 is 0 Å². The molecular weight excluding hydrogens is 392 g/mol. The number of hydrogen-bond acceptors (Lipinski definition) is 6. The summed E-state index contributed by atoms with van der Waals surface area (Å²) in [6, 6.07) is 10.7. The molecule has 2 aromatic carbocycles. The predicted octanol–water partition coefficient (Wildman–Crippen LogP) is 2.44. The second kappa shape index (κ2) is 9.24. The van der Waals surface area contributed by atoms with Crippen molar-refractivity contribution in [3.63, 3.8) is 0 Å². The number of hydrogen-bond donors (Lipinski definition) is 2. The molecule has 0 saturated heterocycles. The van der Waals surface area contributed by atoms with Gasteiger partial charge in [-0.15, -0.1) is 5.10 Å². The third-order valence-corrected chi connectivity index (χ3v) is 4.56. The molecule has 0 aromatic heterocycles. The molecule has 2 rings (SSSR count). The van der Waals surface area contributed by atoms with E-state index < -0.39 is 10.1 Å². The molecule has 0 fully saturated rings. The Morgan fingerprint density at radius 2 is 1.93 bits per heavy atom. The summed E-state index contributed by atoms with van der Waals surface area (Å²) < 4.78 is 35.6. The quantitative estimate of drug-likeness (QED) is 0.226. The fourth-order valence-electron chi connectivity index (χ4n) is 2.04. The van der Waals surface area contributed by atoms with Crippen molar-refractivity contribution in [1.82, 2.24) is 0 Å². The molecule has 0 unspecified atom stereocenters. The van der Waals surface area contributed by atoms with Gasteiger partial charge in [-0.05, 0) is 42.8 Å². The molecule has 0 aliphatic heterocycles. The number of guanidine groups is 1. The first kappa shape index (κ1) is 20.5. The maximum atomic E-state index is 12.4. The molecule has 144 valence electrons. The van der Waals surface area contributed by atoms with Crippen molar-refractivity contribution in [3.05, 3.63) is 53.1 Å². The van der Waals surface area contributed by atoms with Crippen LogP contribution in [0.3, 0.4) is 0 Å². The number of aryl methyl sites for hydroxylation is 1. The van der Waals surface area contributed by atoms with Gasteiger partial charge in [0.2, 0.25) is 5.96 Å². The fourth-order valence-corrected chi connectivity index (χ4v) is 3.25. The molecule has 0 radical (unpaired) electrons. The molecule has 8 nitrogen and oxygen atoms in total. The smallest absolute Gasteiger partial charge is 0.339 e. The minimum Gasteiger partial charge on any atom is -0.493 e. The Bertz CT molecular complexity index is 957. The summed E-state index contributed by atoms with van der Waals surface area (Å²) in [5, 5.41) is 7.41. The summed E-state index contributed by atoms with van der Waals surface area (Å²) in [5.74, 6) is 0.467. The highest BCUT2D eigenvalue weighted by Crippen LogP contribution is 2.26. The van der Waals surface area contributed by atoms with Crippen LogP contribution in [0.25, 0.3) is 0 Å². The first-order chi connectivity index (χ1) is 12.8. The van der Waals surface area contributed by atoms with Gasteiger partial charge in [0.1, 0.15) is 16.4 Å². The van der Waals surface area contributed by atoms with Crippen LogP contribution in [0.5, 0.6) is 11.5 Å². The number of halogens is 1. The summed E-state index contributed by atoms with van der Waals surface area (Å²) in [7, 11) is -4.01. The molecule has 0 aliphatic rings. The van der Waals surface area contributed by atoms with Crippen molar-refractivity contribution in [2.24, 2.45) is 21.7 Å². The topological polar surface area (TPSA) is 129 Å². The molecule has 10 heteroatoms. The van der Waals surface area contributed by atoms with Crippen LogP contribution in [0.4, 0.5) is 0 Å². The van der Waals surface area contributed by atoms with Gasteiger partial charge >= 0.3 is 10.1 Å². The van der Waals surface area contributed by atoms with Crippen LogP contribution in [-0.2, 0) is 10.1 Å². The van der Waals surface area contributed by atoms with E-state index in [0.717, 1.165) is 5.56 Å². The number of rotatable bonds is 8. The Balaban J connectivity index is 2.06. The van der Waals surface area contributed by atoms with Crippen molar-refractivity contribution in [3.8, 4) is 11.5 Å². The van der Waals surface area contributed by atoms with Crippen LogP contribution in [0.15, 0.2) is 57.6 Å². The number of benzene rings is 2. The maximum Gasteiger partial charge on any atom is 0.339 e. The maximum absolute atomic E-state index is 12.4. The molecule has 27 heavy (non-hydrogen) atoms. The van der Waals surface area contributed by atoms with E-state index in [2.05, 4.69) is 10.2 Å². The third-order valence-electron chi connectivity index (χ3n) is 3.09. The van der Waals surface area contributed by atoms with Gasteiger partial charge < -0.3 is 20.4 Å². The number of nitrogens with two attached hydrogens (primary N) is 2. The van der Waals surface area contributed by atoms with Crippen LogP contribution >= 0.6 is 11.6 Å². The Hall–Kier alpha value is -2.78. The molecule has 0 bridgehead atoms. The van der Waals surface area contributed by atoms with E-state index in [-0.39, 0.29) is 16.6 Å². The first-order valence-electron chi connectivity index (χ1n) is 7.81. The van der Waals surface area contributed by atoms with Gasteiger partial charge in [0.05, 0.1) is 6.61 Å². The Morgan fingerprint density at radius 1 is 1.19 bits per heavy atom. The van der Waals surface area contributed by atoms with Crippen molar-refractivity contribution < 1.29 is 17.3 Å². The molecule has 0 atom stereocenters. The monoisotopic (exact) mass is 410 g/mol. The number of nitrogens with zero attached hydrogens (tertiary/aromatic N) is 2. The molecule has 2 aromatic rings. The molecular formula is C17H19ClN4O4S. The van der Waals surface area contributed by atoms with Crippen molar-refractivity contribution >= 4 is 33.9 Å². The standard InChI is InChI=1S/C17H19ClN4O4S/c1-12-8-14(25-7-3-6-21-22-17(19)20)11-15(9-12)26-27(23,24)16-5-2-4-13(18)10-16/h2,4-6,8-11H,3,7H2,1H3,(H4,19,20,22)/b21-6-. The van der Waals surface area contributed by atoms with Crippen LogP contribution in [0, 0.1) is 6.92 Å². The second-order valence-corrected chi connectivity index (χ2v) is 7.42. The zero-order valence-electron chi connectivity index (χ0n) is 14.5. The zero-order chi connectivity index (χ0) is 19.9. The minimum absolute atomic E-state index is 0.0325. The SMILES string of the molecule is Cc1cc(OCC/C=N\N=C(N)N)cc(OS(=O)(=O)c2cccc(Cl)c2)c1. The summed E-state index contributed by atoms with van der Waals surface area (Å²) in [6.45, 7) is 2.10. The van der Waals surface area contributed by atoms with Crippen molar-refractivity contribution in [2.45, 2.75) is 18.2 Å². The van der Waals surface area contributed by atoms with E-state index in [9.17, 15) is 8.42 Å². The average molecular weight is 411 g/mol. The molecule has 0 amide bonds. The van der Waals surface area contributed by atoms with Gasteiger partial charge in [0, 0.05) is 23.7 Å². The van der Waals surface area contributed by atoms with Crippen LogP contribution in [0.2, 0.25) is 5.02 Å². The van der Waals surface area contributed by atoms with Crippen LogP contribution in [-0.4, -0.2) is 27.2 Å². The van der Waals surface area contributed by atoms with Gasteiger partial charge in [0.25, 0.3) is 0 Å². The molecule has 0 aliphatic carbocycles. The highest BCUT2D eigenvalue weighted by Gasteiger charge is 2.17. The lowest BCUT2D eigenvalue weighted by Crippen LogP contribution is -2.21. The highest BCUT2D eigenvalue weighted by atomic mass is 35.5. The summed E-state index contributed by atoms with van der Waals surface area (Å²) in [4.78, 5) is -0.0325. The van der Waals surface area contributed by atoms with E-state index in [1.54, 1.807) is 25.1 Å². The van der Waals surface area contributed by atoms with Gasteiger partial charge in [-0.25, -0.2) is 0 Å². The van der Waals surface area contributed by atoms with Gasteiger partial charge in [0.15, 0.2) is 0 Å². The van der Waals surface area contributed by atoms with E-state index in [4.69, 9.17) is 32.0 Å². The molecule has 4 N–H and O–H groups in total. The van der Waals surface area contributed by atoms with Crippen LogP contribution in [0.1, 0.15) is 12.0 Å². The van der Waals surface area contributed by atoms with Gasteiger partial charge in [-0.3, -0.25) is 0 Å². The normalized spacial score (nSPS) is 11.3. The lowest BCUT2D eigenvalue weighted by atomic mass is 10.2. The highest BCUT2D eigenvalue weighted by molar-refractivity contribution is 7.87.